The Hall–Kier alpha value is -1.94. The maximum atomic E-state index is 13.1. The lowest BCUT2D eigenvalue weighted by molar-refractivity contribution is -0.161. The second kappa shape index (κ2) is 68.2. The first-order valence-corrected chi connectivity index (χ1v) is 43.7. The average molecular weight is 1440 g/mol. The quantitative estimate of drug-likeness (QED) is 0.0222. The normalized spacial score (nSPS) is 14.1. The lowest BCUT2D eigenvalue weighted by Gasteiger charge is -2.21. The van der Waals surface area contributed by atoms with Crippen molar-refractivity contribution in [2.75, 3.05) is 39.6 Å². The highest BCUT2D eigenvalue weighted by atomic mass is 31.2. The molecular formula is C79H154O17P2. The predicted octanol–water partition coefficient (Wildman–Crippen LogP) is 23.2. The number of carbonyl (C=O) groups is 4. The SMILES string of the molecule is CC(C)CCCCCCCCCCCCCCCCCCC(=O)OC[C@H](COP(=O)(O)OCC(O)COP(=O)(O)OC[C@@H](COC(=O)CCCCCCCCCCC(C)C)OC(=O)CCCCCCCCCC(C)C)OC(=O)CCCCCCCCCCCCCCCCCC(C)C. The van der Waals surface area contributed by atoms with Crippen LogP contribution < -0.4 is 0 Å². The predicted molar refractivity (Wildman–Crippen MR) is 400 cm³/mol. The monoisotopic (exact) mass is 1440 g/mol. The molecule has 0 aliphatic rings. The standard InChI is InChI=1S/C79H154O17P2/c1-69(2)55-47-39-31-24-20-16-12-9-10-14-18-22-26-35-43-51-59-76(81)89-65-74(95-78(83)61-53-45-37-27-23-19-15-11-13-17-21-25-32-40-48-56-70(3)4)67-93-97(85,86)91-63-73(80)64-92-98(87,88)94-68-75(96-79(84)62-54-46-38-30-34-42-50-58-72(7)8)66-90-77(82)60-52-44-36-29-28-33-41-49-57-71(5)6/h69-75,80H,9-68H2,1-8H3,(H,85,86)(H,87,88)/t73?,74-,75-/m1/s1. The van der Waals surface area contributed by atoms with Gasteiger partial charge in [-0.2, -0.15) is 0 Å². The van der Waals surface area contributed by atoms with E-state index in [1.54, 1.807) is 0 Å². The Morgan fingerprint density at radius 2 is 0.429 bits per heavy atom. The van der Waals surface area contributed by atoms with Crippen LogP contribution in [0.1, 0.15) is 402 Å². The second-order valence-electron chi connectivity index (χ2n) is 30.4. The van der Waals surface area contributed by atoms with Crippen LogP contribution in [0.5, 0.6) is 0 Å². The van der Waals surface area contributed by atoms with E-state index in [9.17, 15) is 43.2 Å². The summed E-state index contributed by atoms with van der Waals surface area (Å²) in [7, 11) is -9.92. The third-order valence-corrected chi connectivity index (χ3v) is 20.2. The molecule has 0 spiro atoms. The van der Waals surface area contributed by atoms with Gasteiger partial charge >= 0.3 is 39.5 Å². The van der Waals surface area contributed by atoms with Crippen molar-refractivity contribution in [2.45, 2.75) is 420 Å². The molecule has 19 heteroatoms. The van der Waals surface area contributed by atoms with E-state index in [1.807, 2.05) is 0 Å². The summed E-state index contributed by atoms with van der Waals surface area (Å²) in [5.41, 5.74) is 0. The summed E-state index contributed by atoms with van der Waals surface area (Å²) in [5, 5.41) is 10.6. The third kappa shape index (κ3) is 72.4. The van der Waals surface area contributed by atoms with Gasteiger partial charge in [0.1, 0.15) is 19.3 Å². The topological polar surface area (TPSA) is 237 Å². The first-order valence-electron chi connectivity index (χ1n) is 40.7. The number of phosphoric acid groups is 2. The van der Waals surface area contributed by atoms with E-state index < -0.39 is 97.5 Å². The molecule has 98 heavy (non-hydrogen) atoms. The Morgan fingerprint density at radius 3 is 0.633 bits per heavy atom. The van der Waals surface area contributed by atoms with Crippen molar-refractivity contribution >= 4 is 39.5 Å². The Labute approximate surface area is 600 Å². The molecule has 0 radical (unpaired) electrons. The summed E-state index contributed by atoms with van der Waals surface area (Å²) in [4.78, 5) is 72.9. The molecule has 0 heterocycles. The highest BCUT2D eigenvalue weighted by molar-refractivity contribution is 7.47. The van der Waals surface area contributed by atoms with Crippen molar-refractivity contribution in [1.82, 2.24) is 0 Å². The minimum Gasteiger partial charge on any atom is -0.462 e. The van der Waals surface area contributed by atoms with E-state index in [0.717, 1.165) is 108 Å². The number of aliphatic hydroxyl groups excluding tert-OH is 1. The number of hydrogen-bond donors (Lipinski definition) is 3. The molecule has 0 aromatic heterocycles. The molecular weight excluding hydrogens is 1280 g/mol. The summed E-state index contributed by atoms with van der Waals surface area (Å²) in [6, 6.07) is 0. The largest absolute Gasteiger partial charge is 0.472 e. The maximum Gasteiger partial charge on any atom is 0.472 e. The molecule has 0 saturated heterocycles. The number of phosphoric ester groups is 2. The van der Waals surface area contributed by atoms with Crippen LogP contribution in [0.3, 0.4) is 0 Å². The molecule has 0 amide bonds. The van der Waals surface area contributed by atoms with Crippen LogP contribution in [0.15, 0.2) is 0 Å². The van der Waals surface area contributed by atoms with Crippen molar-refractivity contribution in [2.24, 2.45) is 23.7 Å². The van der Waals surface area contributed by atoms with Gasteiger partial charge in [-0.05, 0) is 49.4 Å². The Balaban J connectivity index is 5.22. The summed E-state index contributed by atoms with van der Waals surface area (Å²) in [6.45, 7) is 14.2. The molecule has 0 aliphatic carbocycles. The number of aliphatic hydroxyl groups is 1. The van der Waals surface area contributed by atoms with Gasteiger partial charge in [0.05, 0.1) is 26.4 Å². The fourth-order valence-electron chi connectivity index (χ4n) is 12.1. The Bertz CT molecular complexity index is 1920. The lowest BCUT2D eigenvalue weighted by Crippen LogP contribution is -2.30. The lowest BCUT2D eigenvalue weighted by atomic mass is 10.0. The molecule has 17 nitrogen and oxygen atoms in total. The van der Waals surface area contributed by atoms with Crippen LogP contribution in [-0.2, 0) is 65.4 Å². The van der Waals surface area contributed by atoms with Crippen molar-refractivity contribution in [3.8, 4) is 0 Å². The molecule has 0 rings (SSSR count). The molecule has 0 bridgehead atoms. The van der Waals surface area contributed by atoms with Crippen LogP contribution in [-0.4, -0.2) is 96.7 Å². The molecule has 582 valence electrons. The van der Waals surface area contributed by atoms with Crippen molar-refractivity contribution in [3.05, 3.63) is 0 Å². The number of rotatable bonds is 76. The van der Waals surface area contributed by atoms with Crippen LogP contribution in [0.2, 0.25) is 0 Å². The zero-order valence-corrected chi connectivity index (χ0v) is 66.2. The number of ether oxygens (including phenoxy) is 4. The summed E-state index contributed by atoms with van der Waals surface area (Å²) < 4.78 is 68.6. The number of unbranched alkanes of at least 4 members (excludes halogenated alkanes) is 42. The van der Waals surface area contributed by atoms with Crippen molar-refractivity contribution in [3.63, 3.8) is 0 Å². The van der Waals surface area contributed by atoms with E-state index in [2.05, 4.69) is 55.4 Å². The maximum absolute atomic E-state index is 13.1. The number of esters is 4. The fourth-order valence-corrected chi connectivity index (χ4v) is 13.7. The molecule has 5 atom stereocenters. The van der Waals surface area contributed by atoms with E-state index in [-0.39, 0.29) is 25.7 Å². The summed E-state index contributed by atoms with van der Waals surface area (Å²) in [6.07, 6.45) is 54.3. The van der Waals surface area contributed by atoms with Gasteiger partial charge in [0, 0.05) is 25.7 Å². The van der Waals surface area contributed by atoms with Crippen molar-refractivity contribution in [1.29, 1.82) is 0 Å². The number of hydrogen-bond acceptors (Lipinski definition) is 15. The summed E-state index contributed by atoms with van der Waals surface area (Å²) >= 11 is 0. The Kier molecular flexibility index (Phi) is 66.8. The highest BCUT2D eigenvalue weighted by Gasteiger charge is 2.30. The van der Waals surface area contributed by atoms with Gasteiger partial charge in [-0.25, -0.2) is 9.13 Å². The molecule has 0 fully saturated rings. The first kappa shape index (κ1) is 96.1. The zero-order valence-electron chi connectivity index (χ0n) is 64.4. The van der Waals surface area contributed by atoms with E-state index >= 15 is 0 Å². The molecule has 3 N–H and O–H groups in total. The van der Waals surface area contributed by atoms with Gasteiger partial charge in [0.25, 0.3) is 0 Å². The van der Waals surface area contributed by atoms with E-state index in [0.29, 0.717) is 31.6 Å². The number of carbonyl (C=O) groups excluding carboxylic acids is 4. The second-order valence-corrected chi connectivity index (χ2v) is 33.3. The van der Waals surface area contributed by atoms with Crippen LogP contribution in [0.25, 0.3) is 0 Å². The van der Waals surface area contributed by atoms with Crippen LogP contribution >= 0.6 is 15.6 Å². The molecule has 3 unspecified atom stereocenters. The van der Waals surface area contributed by atoms with Gasteiger partial charge in [-0.3, -0.25) is 37.3 Å². The fraction of sp³-hybridized carbons (Fsp3) is 0.949. The highest BCUT2D eigenvalue weighted by Crippen LogP contribution is 2.45. The molecule has 0 saturated carbocycles. The molecule has 0 aromatic rings. The van der Waals surface area contributed by atoms with Gasteiger partial charge in [-0.15, -0.1) is 0 Å². The third-order valence-electron chi connectivity index (χ3n) is 18.3. The van der Waals surface area contributed by atoms with Crippen LogP contribution in [0.4, 0.5) is 0 Å². The minimum absolute atomic E-state index is 0.103. The minimum atomic E-state index is -4.96. The molecule has 0 aromatic carbocycles. The van der Waals surface area contributed by atoms with Gasteiger partial charge < -0.3 is 33.8 Å². The van der Waals surface area contributed by atoms with Crippen molar-refractivity contribution < 1.29 is 80.2 Å². The van der Waals surface area contributed by atoms with Gasteiger partial charge in [0.2, 0.25) is 0 Å². The zero-order chi connectivity index (χ0) is 72.4. The summed E-state index contributed by atoms with van der Waals surface area (Å²) in [5.74, 6) is 0.918. The smallest absolute Gasteiger partial charge is 0.462 e. The average Bonchev–Trinajstić information content (AvgIpc) is 1.10. The van der Waals surface area contributed by atoms with E-state index in [4.69, 9.17) is 37.0 Å². The Morgan fingerprint density at radius 1 is 0.255 bits per heavy atom. The van der Waals surface area contributed by atoms with Crippen LogP contribution in [0, 0.1) is 23.7 Å². The van der Waals surface area contributed by atoms with E-state index in [1.165, 1.54) is 205 Å². The molecule has 0 aliphatic heterocycles. The van der Waals surface area contributed by atoms with Gasteiger partial charge in [0.15, 0.2) is 12.2 Å². The van der Waals surface area contributed by atoms with Gasteiger partial charge in [-0.1, -0.05) is 351 Å². The first-order chi connectivity index (χ1) is 47.1.